The first-order valence-corrected chi connectivity index (χ1v) is 10.1. The second-order valence-corrected chi connectivity index (χ2v) is 8.66. The van der Waals surface area contributed by atoms with Gasteiger partial charge in [-0.15, -0.1) is 0 Å². The van der Waals surface area contributed by atoms with Gasteiger partial charge in [0.15, 0.2) is 24.0 Å². The van der Waals surface area contributed by atoms with Crippen LogP contribution in [0, 0.1) is 10.1 Å². The fourth-order valence-corrected chi connectivity index (χ4v) is 3.96. The van der Waals surface area contributed by atoms with Crippen LogP contribution in [0.3, 0.4) is 0 Å². The summed E-state index contributed by atoms with van der Waals surface area (Å²) in [7, 11) is 0. The van der Waals surface area contributed by atoms with Gasteiger partial charge < -0.3 is 34.3 Å². The Labute approximate surface area is 183 Å². The van der Waals surface area contributed by atoms with Crippen molar-refractivity contribution in [3.05, 3.63) is 34.4 Å². The highest BCUT2D eigenvalue weighted by molar-refractivity contribution is 5.95. The minimum atomic E-state index is -1.08. The number of carbonyl (C=O) groups excluding carboxylic acids is 2. The van der Waals surface area contributed by atoms with E-state index in [-0.39, 0.29) is 12.2 Å². The van der Waals surface area contributed by atoms with Crippen LogP contribution in [0.25, 0.3) is 0 Å². The second-order valence-electron chi connectivity index (χ2n) is 8.66. The molecule has 3 saturated heterocycles. The third-order valence-electron chi connectivity index (χ3n) is 5.20. The second kappa shape index (κ2) is 8.05. The number of nitro benzene ring substituents is 1. The van der Waals surface area contributed by atoms with E-state index >= 15 is 0 Å². The normalized spacial score (nSPS) is 31.9. The number of non-ortho nitro benzene ring substituents is 1. The molecule has 0 radical (unpaired) electrons. The molecule has 3 aliphatic rings. The molecule has 0 saturated carbocycles. The van der Waals surface area contributed by atoms with Crippen LogP contribution in [0.2, 0.25) is 0 Å². The average molecular weight is 451 g/mol. The molecule has 0 aliphatic carbocycles. The Morgan fingerprint density at radius 2 is 1.56 bits per heavy atom. The smallest absolute Gasteiger partial charge is 0.269 e. The van der Waals surface area contributed by atoms with Crippen LogP contribution < -0.4 is 10.6 Å². The van der Waals surface area contributed by atoms with E-state index in [0.29, 0.717) is 5.69 Å². The number of benzene rings is 1. The van der Waals surface area contributed by atoms with Crippen molar-refractivity contribution in [3.63, 3.8) is 0 Å². The molecule has 2 amide bonds. The molecule has 0 bridgehead atoms. The number of carbonyl (C=O) groups is 2. The highest BCUT2D eigenvalue weighted by atomic mass is 16.9. The van der Waals surface area contributed by atoms with E-state index in [2.05, 4.69) is 10.6 Å². The van der Waals surface area contributed by atoms with Gasteiger partial charge in [-0.1, -0.05) is 0 Å². The Morgan fingerprint density at radius 3 is 2.22 bits per heavy atom. The predicted octanol–water partition coefficient (Wildman–Crippen LogP) is 1.05. The highest BCUT2D eigenvalue weighted by Crippen LogP contribution is 2.44. The molecule has 3 aliphatic heterocycles. The molecule has 4 rings (SSSR count). The Hall–Kier alpha value is -2.64. The third-order valence-corrected chi connectivity index (χ3v) is 5.20. The molecule has 32 heavy (non-hydrogen) atoms. The zero-order valence-electron chi connectivity index (χ0n) is 18.0. The first-order valence-electron chi connectivity index (χ1n) is 10.1. The molecule has 5 atom stereocenters. The van der Waals surface area contributed by atoms with Crippen molar-refractivity contribution in [2.45, 2.75) is 70.0 Å². The van der Waals surface area contributed by atoms with E-state index in [1.807, 2.05) is 0 Å². The number of anilines is 1. The van der Waals surface area contributed by atoms with Crippen molar-refractivity contribution in [1.82, 2.24) is 5.32 Å². The number of nitrogens with one attached hydrogen (secondary N) is 2. The minimum absolute atomic E-state index is 0.0957. The summed E-state index contributed by atoms with van der Waals surface area (Å²) in [6.07, 6.45) is -3.80. The standard InChI is InChI=1S/C20H25N3O9/c1-19(2)29-13-14(30-19)16-18(32-20(3,4)31-16)28-15(13)17(25)21-9-12(24)22-10-5-7-11(8-6-10)23(26)27/h5-8,13-16,18H,9H2,1-4H3,(H,21,25)(H,22,24)/t13-,14-,15-,16-,18+/m1/s1. The van der Waals surface area contributed by atoms with E-state index in [0.717, 1.165) is 0 Å². The van der Waals surface area contributed by atoms with Crippen molar-refractivity contribution in [1.29, 1.82) is 0 Å². The van der Waals surface area contributed by atoms with Gasteiger partial charge in [0.25, 0.3) is 11.6 Å². The van der Waals surface area contributed by atoms with Crippen LogP contribution in [-0.2, 0) is 33.3 Å². The van der Waals surface area contributed by atoms with Crippen LogP contribution in [0.5, 0.6) is 0 Å². The number of hydrogen-bond acceptors (Lipinski definition) is 9. The maximum atomic E-state index is 12.9. The quantitative estimate of drug-likeness (QED) is 0.495. The number of nitro groups is 1. The molecule has 0 spiro atoms. The lowest BCUT2D eigenvalue weighted by atomic mass is 9.98. The number of ether oxygens (including phenoxy) is 5. The first kappa shape index (κ1) is 22.6. The van der Waals surface area contributed by atoms with E-state index in [1.165, 1.54) is 24.3 Å². The molecule has 3 fully saturated rings. The first-order chi connectivity index (χ1) is 14.9. The molecule has 12 nitrogen and oxygen atoms in total. The lowest BCUT2D eigenvalue weighted by Gasteiger charge is -2.36. The van der Waals surface area contributed by atoms with Gasteiger partial charge in [0, 0.05) is 17.8 Å². The van der Waals surface area contributed by atoms with Gasteiger partial charge in [-0.25, -0.2) is 0 Å². The molecule has 2 N–H and O–H groups in total. The molecule has 3 heterocycles. The van der Waals surface area contributed by atoms with Crippen LogP contribution in [-0.4, -0.2) is 65.6 Å². The van der Waals surface area contributed by atoms with Gasteiger partial charge in [0.05, 0.1) is 11.5 Å². The molecule has 174 valence electrons. The van der Waals surface area contributed by atoms with Crippen molar-refractivity contribution in [3.8, 4) is 0 Å². The summed E-state index contributed by atoms with van der Waals surface area (Å²) in [6, 6.07) is 5.34. The van der Waals surface area contributed by atoms with Gasteiger partial charge in [-0.05, 0) is 39.8 Å². The van der Waals surface area contributed by atoms with Gasteiger partial charge in [0.2, 0.25) is 5.91 Å². The summed E-state index contributed by atoms with van der Waals surface area (Å²) in [5.74, 6) is -2.93. The Kier molecular flexibility index (Phi) is 5.67. The molecular weight excluding hydrogens is 426 g/mol. The SMILES string of the molecule is CC1(C)O[C@@H]2[C@@H](O1)[C@H](C(=O)NCC(=O)Nc1ccc([N+](=O)[O-])cc1)O[C@H]1OC(C)(C)O[C@@H]12. The van der Waals surface area contributed by atoms with Crippen LogP contribution in [0.4, 0.5) is 11.4 Å². The van der Waals surface area contributed by atoms with Gasteiger partial charge in [-0.2, -0.15) is 0 Å². The summed E-state index contributed by atoms with van der Waals surface area (Å²) in [6.45, 7) is 6.60. The molecule has 12 heteroatoms. The third kappa shape index (κ3) is 4.59. The fourth-order valence-electron chi connectivity index (χ4n) is 3.96. The topological polar surface area (TPSA) is 147 Å². The summed E-state index contributed by atoms with van der Waals surface area (Å²) in [5, 5.41) is 15.8. The largest absolute Gasteiger partial charge is 0.345 e. The average Bonchev–Trinajstić information content (AvgIpc) is 3.19. The fraction of sp³-hybridized carbons (Fsp3) is 0.600. The Morgan fingerprint density at radius 1 is 0.969 bits per heavy atom. The van der Waals surface area contributed by atoms with Crippen LogP contribution in [0.15, 0.2) is 24.3 Å². The van der Waals surface area contributed by atoms with E-state index in [1.54, 1.807) is 27.7 Å². The number of amides is 2. The van der Waals surface area contributed by atoms with Gasteiger partial charge >= 0.3 is 0 Å². The van der Waals surface area contributed by atoms with E-state index in [9.17, 15) is 19.7 Å². The van der Waals surface area contributed by atoms with Crippen molar-refractivity contribution < 1.29 is 38.2 Å². The predicted molar refractivity (Wildman–Crippen MR) is 107 cm³/mol. The lowest BCUT2D eigenvalue weighted by molar-refractivity contribution is -0.384. The van der Waals surface area contributed by atoms with E-state index in [4.69, 9.17) is 23.7 Å². The Balaban J connectivity index is 1.38. The van der Waals surface area contributed by atoms with Crippen molar-refractivity contribution in [2.24, 2.45) is 0 Å². The minimum Gasteiger partial charge on any atom is -0.345 e. The lowest BCUT2D eigenvalue weighted by Crippen LogP contribution is -2.59. The highest BCUT2D eigenvalue weighted by Gasteiger charge is 2.62. The zero-order chi connectivity index (χ0) is 23.3. The Bertz CT molecular complexity index is 917. The summed E-state index contributed by atoms with van der Waals surface area (Å²) < 4.78 is 29.3. The zero-order valence-corrected chi connectivity index (χ0v) is 18.0. The van der Waals surface area contributed by atoms with Crippen LogP contribution in [0.1, 0.15) is 27.7 Å². The van der Waals surface area contributed by atoms with E-state index < -0.39 is 59.0 Å². The van der Waals surface area contributed by atoms with Gasteiger partial charge in [-0.3, -0.25) is 19.7 Å². The maximum Gasteiger partial charge on any atom is 0.269 e. The molecular formula is C20H25N3O9. The maximum absolute atomic E-state index is 12.9. The number of rotatable bonds is 5. The molecule has 1 aromatic rings. The summed E-state index contributed by atoms with van der Waals surface area (Å²) >= 11 is 0. The molecule has 0 unspecified atom stereocenters. The summed E-state index contributed by atoms with van der Waals surface area (Å²) in [4.78, 5) is 35.2. The van der Waals surface area contributed by atoms with Crippen LogP contribution >= 0.6 is 0 Å². The summed E-state index contributed by atoms with van der Waals surface area (Å²) in [5.41, 5.74) is 0.265. The molecule has 0 aromatic heterocycles. The van der Waals surface area contributed by atoms with Gasteiger partial charge in [0.1, 0.15) is 18.3 Å². The number of hydrogen-bond donors (Lipinski definition) is 2. The number of fused-ring (bicyclic) bond motifs is 3. The molecule has 1 aromatic carbocycles. The van der Waals surface area contributed by atoms with Crippen molar-refractivity contribution >= 4 is 23.2 Å². The number of nitrogens with zero attached hydrogens (tertiary/aromatic N) is 1. The monoisotopic (exact) mass is 451 g/mol. The van der Waals surface area contributed by atoms with Crippen molar-refractivity contribution in [2.75, 3.05) is 11.9 Å².